The van der Waals surface area contributed by atoms with Gasteiger partial charge in [0.1, 0.15) is 17.0 Å². The molecule has 4 aromatic rings. The van der Waals surface area contributed by atoms with Crippen molar-refractivity contribution in [3.05, 3.63) is 89.1 Å². The van der Waals surface area contributed by atoms with Crippen LogP contribution in [0.4, 0.5) is 5.82 Å². The van der Waals surface area contributed by atoms with E-state index in [1.54, 1.807) is 17.7 Å². The molecule has 0 spiro atoms. The first-order valence-corrected chi connectivity index (χ1v) is 11.9. The predicted octanol–water partition coefficient (Wildman–Crippen LogP) is 4.73. The lowest BCUT2D eigenvalue weighted by Gasteiger charge is -2.37. The SMILES string of the molecule is CCc1cc2c(N3CCN(C(=O)C(c4ccccc4)c4ccccc4)CC3)ncnc2s1. The van der Waals surface area contributed by atoms with Gasteiger partial charge in [-0.2, -0.15) is 0 Å². The van der Waals surface area contributed by atoms with Crippen molar-refractivity contribution in [2.75, 3.05) is 31.1 Å². The molecule has 2 aromatic heterocycles. The Morgan fingerprint density at radius 2 is 1.56 bits per heavy atom. The first-order chi connectivity index (χ1) is 15.7. The number of hydrogen-bond acceptors (Lipinski definition) is 5. The lowest BCUT2D eigenvalue weighted by molar-refractivity contribution is -0.132. The molecule has 0 unspecified atom stereocenters. The summed E-state index contributed by atoms with van der Waals surface area (Å²) in [6.07, 6.45) is 2.66. The lowest BCUT2D eigenvalue weighted by Crippen LogP contribution is -2.50. The van der Waals surface area contributed by atoms with Crippen molar-refractivity contribution in [3.63, 3.8) is 0 Å². The van der Waals surface area contributed by atoms with Crippen LogP contribution in [0.1, 0.15) is 28.8 Å². The smallest absolute Gasteiger partial charge is 0.234 e. The molecule has 1 saturated heterocycles. The van der Waals surface area contributed by atoms with Crippen LogP contribution in [0.5, 0.6) is 0 Å². The van der Waals surface area contributed by atoms with E-state index in [0.717, 1.165) is 46.7 Å². The minimum Gasteiger partial charge on any atom is -0.352 e. The van der Waals surface area contributed by atoms with Crippen molar-refractivity contribution in [3.8, 4) is 0 Å². The standard InChI is InChI=1S/C26H26N4OS/c1-2-21-17-22-24(27-18-28-25(22)32-21)29-13-15-30(16-14-29)26(31)23(19-9-5-3-6-10-19)20-11-7-4-8-12-20/h3-12,17-18,23H,2,13-16H2,1H3. The second kappa shape index (κ2) is 9.09. The van der Waals surface area contributed by atoms with E-state index in [2.05, 4.69) is 27.9 Å². The van der Waals surface area contributed by atoms with Crippen molar-refractivity contribution < 1.29 is 4.79 Å². The summed E-state index contributed by atoms with van der Waals surface area (Å²) in [5.74, 6) is 0.873. The molecule has 0 saturated carbocycles. The summed E-state index contributed by atoms with van der Waals surface area (Å²) in [4.78, 5) is 29.4. The zero-order chi connectivity index (χ0) is 21.9. The molecule has 1 fully saturated rings. The van der Waals surface area contributed by atoms with Crippen LogP contribution in [0, 0.1) is 0 Å². The molecule has 6 heteroatoms. The topological polar surface area (TPSA) is 49.3 Å². The zero-order valence-corrected chi connectivity index (χ0v) is 19.0. The number of piperazine rings is 1. The monoisotopic (exact) mass is 442 g/mol. The van der Waals surface area contributed by atoms with Gasteiger partial charge in [0.2, 0.25) is 5.91 Å². The Morgan fingerprint density at radius 3 is 2.16 bits per heavy atom. The van der Waals surface area contributed by atoms with Crippen LogP contribution >= 0.6 is 11.3 Å². The van der Waals surface area contributed by atoms with E-state index in [1.165, 1.54) is 4.88 Å². The Kier molecular flexibility index (Phi) is 5.86. The van der Waals surface area contributed by atoms with E-state index in [4.69, 9.17) is 0 Å². The molecule has 5 nitrogen and oxygen atoms in total. The molecule has 32 heavy (non-hydrogen) atoms. The Morgan fingerprint density at radius 1 is 0.938 bits per heavy atom. The number of amides is 1. The Bertz CT molecular complexity index is 1160. The summed E-state index contributed by atoms with van der Waals surface area (Å²) in [5.41, 5.74) is 2.07. The molecule has 1 amide bonds. The number of thiophene rings is 1. The van der Waals surface area contributed by atoms with Crippen LogP contribution < -0.4 is 4.90 Å². The molecule has 0 bridgehead atoms. The Hall–Kier alpha value is -3.25. The van der Waals surface area contributed by atoms with Gasteiger partial charge in [-0.15, -0.1) is 11.3 Å². The molecule has 0 aliphatic carbocycles. The average Bonchev–Trinajstić information content (AvgIpc) is 3.29. The van der Waals surface area contributed by atoms with Gasteiger partial charge < -0.3 is 9.80 Å². The maximum absolute atomic E-state index is 13.7. The molecule has 0 N–H and O–H groups in total. The largest absolute Gasteiger partial charge is 0.352 e. The number of carbonyl (C=O) groups excluding carboxylic acids is 1. The highest BCUT2D eigenvalue weighted by Crippen LogP contribution is 2.32. The fourth-order valence-electron chi connectivity index (χ4n) is 4.41. The van der Waals surface area contributed by atoms with Gasteiger partial charge >= 0.3 is 0 Å². The quantitative estimate of drug-likeness (QED) is 0.448. The maximum Gasteiger partial charge on any atom is 0.234 e. The summed E-state index contributed by atoms with van der Waals surface area (Å²) in [6.45, 7) is 5.07. The molecule has 0 radical (unpaired) electrons. The van der Waals surface area contributed by atoms with Crippen LogP contribution in [-0.2, 0) is 11.2 Å². The molecular weight excluding hydrogens is 416 g/mol. The van der Waals surface area contributed by atoms with E-state index in [9.17, 15) is 4.79 Å². The molecule has 162 valence electrons. The third kappa shape index (κ3) is 3.98. The van der Waals surface area contributed by atoms with E-state index in [0.29, 0.717) is 13.1 Å². The highest BCUT2D eigenvalue weighted by Gasteiger charge is 2.30. The fraction of sp³-hybridized carbons (Fsp3) is 0.269. The summed E-state index contributed by atoms with van der Waals surface area (Å²) in [5, 5.41) is 1.13. The lowest BCUT2D eigenvalue weighted by atomic mass is 9.90. The van der Waals surface area contributed by atoms with Gasteiger partial charge in [0.25, 0.3) is 0 Å². The van der Waals surface area contributed by atoms with Gasteiger partial charge in [0, 0.05) is 31.1 Å². The fourth-order valence-corrected chi connectivity index (χ4v) is 5.34. The number of nitrogens with zero attached hydrogens (tertiary/aromatic N) is 4. The summed E-state index contributed by atoms with van der Waals surface area (Å²) in [6, 6.07) is 22.4. The van der Waals surface area contributed by atoms with Gasteiger partial charge in [-0.3, -0.25) is 4.79 Å². The second-order valence-electron chi connectivity index (χ2n) is 8.05. The highest BCUT2D eigenvalue weighted by molar-refractivity contribution is 7.18. The van der Waals surface area contributed by atoms with Crippen molar-refractivity contribution in [1.29, 1.82) is 0 Å². The molecule has 0 atom stereocenters. The van der Waals surface area contributed by atoms with Crippen LogP contribution in [0.15, 0.2) is 73.1 Å². The predicted molar refractivity (Wildman–Crippen MR) is 130 cm³/mol. The van der Waals surface area contributed by atoms with Crippen LogP contribution in [-0.4, -0.2) is 47.0 Å². The highest BCUT2D eigenvalue weighted by atomic mass is 32.1. The average molecular weight is 443 g/mol. The number of carbonyl (C=O) groups is 1. The van der Waals surface area contributed by atoms with E-state index in [1.807, 2.05) is 65.6 Å². The minimum absolute atomic E-state index is 0.165. The second-order valence-corrected chi connectivity index (χ2v) is 9.16. The van der Waals surface area contributed by atoms with Gasteiger partial charge in [-0.25, -0.2) is 9.97 Å². The third-order valence-corrected chi connectivity index (χ3v) is 7.30. The number of anilines is 1. The molecule has 3 heterocycles. The van der Waals surface area contributed by atoms with Crippen molar-refractivity contribution >= 4 is 33.3 Å². The van der Waals surface area contributed by atoms with E-state index in [-0.39, 0.29) is 11.8 Å². The number of fused-ring (bicyclic) bond motifs is 1. The first kappa shape index (κ1) is 20.6. The van der Waals surface area contributed by atoms with Gasteiger partial charge in [-0.1, -0.05) is 67.6 Å². The third-order valence-electron chi connectivity index (χ3n) is 6.11. The number of aryl methyl sites for hydroxylation is 1. The normalized spacial score (nSPS) is 14.3. The van der Waals surface area contributed by atoms with E-state index >= 15 is 0 Å². The minimum atomic E-state index is -0.279. The van der Waals surface area contributed by atoms with E-state index < -0.39 is 0 Å². The zero-order valence-electron chi connectivity index (χ0n) is 18.1. The number of benzene rings is 2. The summed E-state index contributed by atoms with van der Waals surface area (Å²) < 4.78 is 0. The van der Waals surface area contributed by atoms with Crippen molar-refractivity contribution in [2.24, 2.45) is 0 Å². The van der Waals surface area contributed by atoms with Crippen LogP contribution in [0.2, 0.25) is 0 Å². The van der Waals surface area contributed by atoms with Gasteiger partial charge in [-0.05, 0) is 23.6 Å². The van der Waals surface area contributed by atoms with Crippen LogP contribution in [0.25, 0.3) is 10.2 Å². The van der Waals surface area contributed by atoms with Crippen molar-refractivity contribution in [2.45, 2.75) is 19.3 Å². The number of aromatic nitrogens is 2. The van der Waals surface area contributed by atoms with Crippen LogP contribution in [0.3, 0.4) is 0 Å². The maximum atomic E-state index is 13.7. The summed E-state index contributed by atoms with van der Waals surface area (Å²) in [7, 11) is 0. The van der Waals surface area contributed by atoms with Gasteiger partial charge in [0.15, 0.2) is 0 Å². The molecule has 1 aliphatic heterocycles. The summed E-state index contributed by atoms with van der Waals surface area (Å²) >= 11 is 1.74. The first-order valence-electron chi connectivity index (χ1n) is 11.1. The molecular formula is C26H26N4OS. The number of rotatable bonds is 5. The van der Waals surface area contributed by atoms with Crippen molar-refractivity contribution in [1.82, 2.24) is 14.9 Å². The molecule has 5 rings (SSSR count). The van der Waals surface area contributed by atoms with Gasteiger partial charge in [0.05, 0.1) is 11.3 Å². The molecule has 1 aliphatic rings. The number of hydrogen-bond donors (Lipinski definition) is 0. The Labute approximate surface area is 192 Å². The molecule has 2 aromatic carbocycles. The Balaban J connectivity index is 1.36.